The normalized spacial score (nSPS) is 17.8. The maximum absolute atomic E-state index is 12.2. The fraction of sp³-hybridized carbons (Fsp3) is 0.667. The van der Waals surface area contributed by atoms with Gasteiger partial charge in [-0.2, -0.15) is 0 Å². The van der Waals surface area contributed by atoms with E-state index >= 15 is 0 Å². The van der Waals surface area contributed by atoms with Crippen molar-refractivity contribution in [2.75, 3.05) is 18.8 Å². The van der Waals surface area contributed by atoms with E-state index in [-0.39, 0.29) is 11.9 Å². The SMILES string of the molecule is Cc1cc(C)nc(SCC(=O)N2CCC(C(C)N)CC2)n1. The second-order valence-electron chi connectivity index (χ2n) is 5.80. The van der Waals surface area contributed by atoms with Crippen molar-refractivity contribution in [1.82, 2.24) is 14.9 Å². The number of piperidine rings is 1. The average molecular weight is 308 g/mol. The third-order valence-electron chi connectivity index (χ3n) is 3.92. The molecule has 1 saturated heterocycles. The Morgan fingerprint density at radius 2 is 1.95 bits per heavy atom. The smallest absolute Gasteiger partial charge is 0.233 e. The van der Waals surface area contributed by atoms with Gasteiger partial charge in [0.15, 0.2) is 5.16 Å². The van der Waals surface area contributed by atoms with Crippen LogP contribution in [0.1, 0.15) is 31.2 Å². The van der Waals surface area contributed by atoms with E-state index < -0.39 is 0 Å². The summed E-state index contributed by atoms with van der Waals surface area (Å²) in [5.41, 5.74) is 7.81. The van der Waals surface area contributed by atoms with Crippen molar-refractivity contribution in [2.24, 2.45) is 11.7 Å². The largest absolute Gasteiger partial charge is 0.342 e. The van der Waals surface area contributed by atoms with Crippen molar-refractivity contribution < 1.29 is 4.79 Å². The summed E-state index contributed by atoms with van der Waals surface area (Å²) in [6, 6.07) is 2.16. The summed E-state index contributed by atoms with van der Waals surface area (Å²) in [6.45, 7) is 7.58. The highest BCUT2D eigenvalue weighted by Crippen LogP contribution is 2.21. The number of hydrogen-bond donors (Lipinski definition) is 1. The van der Waals surface area contributed by atoms with Crippen molar-refractivity contribution in [3.63, 3.8) is 0 Å². The van der Waals surface area contributed by atoms with Gasteiger partial charge >= 0.3 is 0 Å². The molecule has 1 unspecified atom stereocenters. The molecule has 1 aliphatic rings. The summed E-state index contributed by atoms with van der Waals surface area (Å²) < 4.78 is 0. The van der Waals surface area contributed by atoms with Crippen LogP contribution in [0.3, 0.4) is 0 Å². The van der Waals surface area contributed by atoms with Gasteiger partial charge in [0, 0.05) is 30.5 Å². The number of rotatable bonds is 4. The molecule has 1 amide bonds. The molecule has 2 rings (SSSR count). The molecule has 2 heterocycles. The van der Waals surface area contributed by atoms with E-state index in [9.17, 15) is 4.79 Å². The molecule has 0 aromatic carbocycles. The summed E-state index contributed by atoms with van der Waals surface area (Å²) in [5, 5.41) is 0.686. The summed E-state index contributed by atoms with van der Waals surface area (Å²) in [4.78, 5) is 22.9. The maximum Gasteiger partial charge on any atom is 0.233 e. The fourth-order valence-corrected chi connectivity index (χ4v) is 3.50. The third-order valence-corrected chi connectivity index (χ3v) is 4.75. The van der Waals surface area contributed by atoms with Crippen LogP contribution >= 0.6 is 11.8 Å². The first-order chi connectivity index (χ1) is 9.95. The van der Waals surface area contributed by atoms with Crippen LogP contribution in [0.2, 0.25) is 0 Å². The van der Waals surface area contributed by atoms with Gasteiger partial charge in [-0.15, -0.1) is 0 Å². The molecular weight excluding hydrogens is 284 g/mol. The van der Waals surface area contributed by atoms with Crippen molar-refractivity contribution in [3.05, 3.63) is 17.5 Å². The Morgan fingerprint density at radius 3 is 2.48 bits per heavy atom. The van der Waals surface area contributed by atoms with Gasteiger partial charge in [0.25, 0.3) is 0 Å². The molecule has 116 valence electrons. The Bertz CT molecular complexity index is 478. The van der Waals surface area contributed by atoms with Crippen LogP contribution in [0.4, 0.5) is 0 Å². The van der Waals surface area contributed by atoms with E-state index in [2.05, 4.69) is 16.9 Å². The second kappa shape index (κ2) is 7.22. The molecule has 0 aliphatic carbocycles. The number of hydrogen-bond acceptors (Lipinski definition) is 5. The lowest BCUT2D eigenvalue weighted by atomic mass is 9.91. The molecule has 0 radical (unpaired) electrons. The zero-order valence-electron chi connectivity index (χ0n) is 13.0. The summed E-state index contributed by atoms with van der Waals surface area (Å²) >= 11 is 1.42. The number of carbonyl (C=O) groups excluding carboxylic acids is 1. The predicted octanol–water partition coefficient (Wildman–Crippen LogP) is 1.77. The monoisotopic (exact) mass is 308 g/mol. The Labute approximate surface area is 130 Å². The van der Waals surface area contributed by atoms with Crippen LogP contribution in [0.15, 0.2) is 11.2 Å². The quantitative estimate of drug-likeness (QED) is 0.678. The Morgan fingerprint density at radius 1 is 1.38 bits per heavy atom. The first-order valence-corrected chi connectivity index (χ1v) is 8.42. The molecule has 1 aromatic rings. The van der Waals surface area contributed by atoms with Crippen LogP contribution < -0.4 is 5.73 Å². The fourth-order valence-electron chi connectivity index (χ4n) is 2.65. The molecule has 0 saturated carbocycles. The topological polar surface area (TPSA) is 72.1 Å². The molecule has 0 spiro atoms. The van der Waals surface area contributed by atoms with Gasteiger partial charge in [-0.1, -0.05) is 11.8 Å². The molecule has 6 heteroatoms. The molecule has 1 aromatic heterocycles. The predicted molar refractivity (Wildman–Crippen MR) is 85.2 cm³/mol. The summed E-state index contributed by atoms with van der Waals surface area (Å²) in [7, 11) is 0. The van der Waals surface area contributed by atoms with Gasteiger partial charge in [-0.25, -0.2) is 9.97 Å². The highest BCUT2D eigenvalue weighted by Gasteiger charge is 2.24. The molecule has 1 aliphatic heterocycles. The average Bonchev–Trinajstić information content (AvgIpc) is 2.44. The van der Waals surface area contributed by atoms with Crippen LogP contribution in [0.5, 0.6) is 0 Å². The minimum Gasteiger partial charge on any atom is -0.342 e. The van der Waals surface area contributed by atoms with Gasteiger partial charge < -0.3 is 10.6 Å². The van der Waals surface area contributed by atoms with E-state index in [4.69, 9.17) is 5.73 Å². The summed E-state index contributed by atoms with van der Waals surface area (Å²) in [5.74, 6) is 1.13. The number of nitrogens with two attached hydrogens (primary N) is 1. The molecule has 2 N–H and O–H groups in total. The number of aryl methyl sites for hydroxylation is 2. The Balaban J connectivity index is 1.82. The number of aromatic nitrogens is 2. The minimum atomic E-state index is 0.172. The van der Waals surface area contributed by atoms with E-state index in [0.29, 0.717) is 16.8 Å². The van der Waals surface area contributed by atoms with E-state index in [1.807, 2.05) is 24.8 Å². The first kappa shape index (κ1) is 16.2. The van der Waals surface area contributed by atoms with Gasteiger partial charge in [-0.05, 0) is 45.6 Å². The lowest BCUT2D eigenvalue weighted by Gasteiger charge is -2.33. The Hall–Kier alpha value is -1.14. The summed E-state index contributed by atoms with van der Waals surface area (Å²) in [6.07, 6.45) is 2.02. The molecular formula is C15H24N4OS. The van der Waals surface area contributed by atoms with Crippen LogP contribution in [0, 0.1) is 19.8 Å². The zero-order chi connectivity index (χ0) is 15.4. The van der Waals surface area contributed by atoms with Crippen LogP contribution in [0.25, 0.3) is 0 Å². The number of thioether (sulfide) groups is 1. The van der Waals surface area contributed by atoms with E-state index in [1.165, 1.54) is 11.8 Å². The highest BCUT2D eigenvalue weighted by molar-refractivity contribution is 7.99. The molecule has 1 fully saturated rings. The highest BCUT2D eigenvalue weighted by atomic mass is 32.2. The number of likely N-dealkylation sites (tertiary alicyclic amines) is 1. The maximum atomic E-state index is 12.2. The minimum absolute atomic E-state index is 0.172. The van der Waals surface area contributed by atoms with Gasteiger partial charge in [0.2, 0.25) is 5.91 Å². The van der Waals surface area contributed by atoms with Gasteiger partial charge in [-0.3, -0.25) is 4.79 Å². The van der Waals surface area contributed by atoms with Gasteiger partial charge in [0.05, 0.1) is 5.75 Å². The first-order valence-electron chi connectivity index (χ1n) is 7.44. The molecule has 21 heavy (non-hydrogen) atoms. The Kier molecular flexibility index (Phi) is 5.58. The van der Waals surface area contributed by atoms with Gasteiger partial charge in [0.1, 0.15) is 0 Å². The van der Waals surface area contributed by atoms with E-state index in [0.717, 1.165) is 37.3 Å². The van der Waals surface area contributed by atoms with Crippen molar-refractivity contribution >= 4 is 17.7 Å². The molecule has 1 atom stereocenters. The lowest BCUT2D eigenvalue weighted by Crippen LogP contribution is -2.43. The van der Waals surface area contributed by atoms with Crippen LogP contribution in [-0.2, 0) is 4.79 Å². The standard InChI is InChI=1S/C15H24N4OS/c1-10-8-11(2)18-15(17-10)21-9-14(20)19-6-4-13(5-7-19)12(3)16/h8,12-13H,4-7,9,16H2,1-3H3. The molecule has 0 bridgehead atoms. The zero-order valence-corrected chi connectivity index (χ0v) is 13.8. The van der Waals surface area contributed by atoms with Crippen molar-refractivity contribution in [3.8, 4) is 0 Å². The number of carbonyl (C=O) groups is 1. The second-order valence-corrected chi connectivity index (χ2v) is 6.74. The lowest BCUT2D eigenvalue weighted by molar-refractivity contribution is -0.129. The number of amides is 1. The molecule has 5 nitrogen and oxygen atoms in total. The third kappa shape index (κ3) is 4.68. The van der Waals surface area contributed by atoms with Crippen LogP contribution in [-0.4, -0.2) is 45.7 Å². The van der Waals surface area contributed by atoms with Crippen molar-refractivity contribution in [1.29, 1.82) is 0 Å². The number of nitrogens with zero attached hydrogens (tertiary/aromatic N) is 3. The van der Waals surface area contributed by atoms with Crippen molar-refractivity contribution in [2.45, 2.75) is 44.8 Å². The van der Waals surface area contributed by atoms with E-state index in [1.54, 1.807) is 0 Å².